The lowest BCUT2D eigenvalue weighted by Crippen LogP contribution is -2.05. The fourth-order valence-corrected chi connectivity index (χ4v) is 2.98. The molecule has 0 aromatic carbocycles. The number of carbonyl (C=O) groups is 1. The number of nitrogens with zero attached hydrogens (tertiary/aromatic N) is 5. The number of pyridine rings is 1. The molecular weight excluding hydrogens is 306 g/mol. The van der Waals surface area contributed by atoms with Crippen molar-refractivity contribution in [3.8, 4) is 11.3 Å². The molecule has 0 bridgehead atoms. The van der Waals surface area contributed by atoms with Crippen LogP contribution in [0.25, 0.3) is 22.3 Å². The highest BCUT2D eigenvalue weighted by atomic mass is 16.5. The van der Waals surface area contributed by atoms with E-state index in [1.54, 1.807) is 10.7 Å². The van der Waals surface area contributed by atoms with Gasteiger partial charge in [0.1, 0.15) is 0 Å². The van der Waals surface area contributed by atoms with Crippen LogP contribution in [0.4, 0.5) is 0 Å². The summed E-state index contributed by atoms with van der Waals surface area (Å²) < 4.78 is 8.56. The largest absolute Gasteiger partial charge is 0.465 e. The molecule has 0 unspecified atom stereocenters. The minimum atomic E-state index is -0.385. The first-order chi connectivity index (χ1) is 11.5. The van der Waals surface area contributed by atoms with Crippen molar-refractivity contribution >= 4 is 17.0 Å². The number of fused-ring (bicyclic) bond motifs is 1. The number of hydrogen-bond acceptors (Lipinski definition) is 5. The van der Waals surface area contributed by atoms with Gasteiger partial charge in [-0.15, -0.1) is 0 Å². The number of esters is 1. The standard InChI is InChI=1S/C17H21N5O2/c1-6-7-22-16-15(11(3)20-22)12(17(23)24-5)8-14(18-16)13-9-21(4)19-10(13)2/h8-9H,6-7H2,1-5H3. The lowest BCUT2D eigenvalue weighted by atomic mass is 10.1. The monoisotopic (exact) mass is 327 g/mol. The Kier molecular flexibility index (Phi) is 4.09. The van der Waals surface area contributed by atoms with Crippen molar-refractivity contribution in [3.05, 3.63) is 29.2 Å². The molecule has 3 aromatic heterocycles. The molecule has 0 N–H and O–H groups in total. The van der Waals surface area contributed by atoms with Gasteiger partial charge in [-0.05, 0) is 26.3 Å². The Morgan fingerprint density at radius 1 is 1.25 bits per heavy atom. The summed E-state index contributed by atoms with van der Waals surface area (Å²) in [6.45, 7) is 6.64. The fraction of sp³-hybridized carbons (Fsp3) is 0.412. The molecule has 0 saturated heterocycles. The second-order valence-corrected chi connectivity index (χ2v) is 5.86. The zero-order valence-electron chi connectivity index (χ0n) is 14.6. The molecular formula is C17H21N5O2. The van der Waals surface area contributed by atoms with Crippen LogP contribution in [0.5, 0.6) is 0 Å². The smallest absolute Gasteiger partial charge is 0.338 e. The summed E-state index contributed by atoms with van der Waals surface area (Å²) in [5, 5.41) is 9.66. The number of ether oxygens (including phenoxy) is 1. The van der Waals surface area contributed by atoms with E-state index in [1.807, 2.05) is 31.8 Å². The van der Waals surface area contributed by atoms with Gasteiger partial charge in [-0.1, -0.05) is 6.92 Å². The molecule has 0 radical (unpaired) electrons. The van der Waals surface area contributed by atoms with Crippen molar-refractivity contribution in [2.75, 3.05) is 7.11 Å². The summed E-state index contributed by atoms with van der Waals surface area (Å²) in [6, 6.07) is 1.77. The molecule has 3 heterocycles. The summed E-state index contributed by atoms with van der Waals surface area (Å²) in [5.74, 6) is -0.385. The summed E-state index contributed by atoms with van der Waals surface area (Å²) in [6.07, 6.45) is 2.83. The highest BCUT2D eigenvalue weighted by Crippen LogP contribution is 2.29. The molecule has 3 rings (SSSR count). The molecule has 0 spiro atoms. The van der Waals surface area contributed by atoms with Crippen molar-refractivity contribution < 1.29 is 9.53 Å². The molecule has 126 valence electrons. The summed E-state index contributed by atoms with van der Waals surface area (Å²) in [7, 11) is 3.25. The van der Waals surface area contributed by atoms with E-state index in [-0.39, 0.29) is 5.97 Å². The average Bonchev–Trinajstić information content (AvgIpc) is 3.05. The van der Waals surface area contributed by atoms with Crippen LogP contribution in [0.15, 0.2) is 12.3 Å². The highest BCUT2D eigenvalue weighted by molar-refractivity contribution is 6.05. The Balaban J connectivity index is 2.34. The third-order valence-corrected chi connectivity index (χ3v) is 4.01. The molecule has 0 fully saturated rings. The van der Waals surface area contributed by atoms with E-state index in [4.69, 9.17) is 9.72 Å². The third-order valence-electron chi connectivity index (χ3n) is 4.01. The van der Waals surface area contributed by atoms with Crippen molar-refractivity contribution in [2.45, 2.75) is 33.7 Å². The molecule has 0 amide bonds. The van der Waals surface area contributed by atoms with Gasteiger partial charge in [0, 0.05) is 25.4 Å². The first-order valence-corrected chi connectivity index (χ1v) is 7.93. The Labute approximate surface area is 140 Å². The van der Waals surface area contributed by atoms with Crippen LogP contribution in [0.1, 0.15) is 35.1 Å². The van der Waals surface area contributed by atoms with Crippen LogP contribution >= 0.6 is 0 Å². The molecule has 7 nitrogen and oxygen atoms in total. The average molecular weight is 327 g/mol. The van der Waals surface area contributed by atoms with E-state index >= 15 is 0 Å². The summed E-state index contributed by atoms with van der Waals surface area (Å²) >= 11 is 0. The van der Waals surface area contributed by atoms with E-state index in [0.29, 0.717) is 16.9 Å². The normalized spacial score (nSPS) is 11.2. The van der Waals surface area contributed by atoms with Gasteiger partial charge in [-0.3, -0.25) is 4.68 Å². The fourth-order valence-electron chi connectivity index (χ4n) is 2.98. The minimum Gasteiger partial charge on any atom is -0.465 e. The van der Waals surface area contributed by atoms with E-state index in [0.717, 1.165) is 35.3 Å². The van der Waals surface area contributed by atoms with Crippen LogP contribution in [-0.4, -0.2) is 37.6 Å². The zero-order chi connectivity index (χ0) is 17.4. The number of aromatic nitrogens is 5. The van der Waals surface area contributed by atoms with Gasteiger partial charge in [0.2, 0.25) is 0 Å². The molecule has 7 heteroatoms. The number of carbonyl (C=O) groups excluding carboxylic acids is 1. The minimum absolute atomic E-state index is 0.385. The first kappa shape index (κ1) is 16.2. The van der Waals surface area contributed by atoms with Crippen LogP contribution in [0, 0.1) is 13.8 Å². The van der Waals surface area contributed by atoms with Crippen molar-refractivity contribution in [2.24, 2.45) is 7.05 Å². The predicted molar refractivity (Wildman–Crippen MR) is 90.8 cm³/mol. The number of rotatable bonds is 4. The quantitative estimate of drug-likeness (QED) is 0.689. The molecule has 0 aliphatic carbocycles. The van der Waals surface area contributed by atoms with E-state index < -0.39 is 0 Å². The SMILES string of the molecule is CCCn1nc(C)c2c(C(=O)OC)cc(-c3cn(C)nc3C)nc21. The van der Waals surface area contributed by atoms with E-state index in [2.05, 4.69) is 17.1 Å². The maximum atomic E-state index is 12.3. The van der Waals surface area contributed by atoms with Gasteiger partial charge < -0.3 is 4.74 Å². The topological polar surface area (TPSA) is 74.8 Å². The van der Waals surface area contributed by atoms with Crippen molar-refractivity contribution in [1.82, 2.24) is 24.5 Å². The van der Waals surface area contributed by atoms with Gasteiger partial charge in [-0.25, -0.2) is 14.5 Å². The maximum absolute atomic E-state index is 12.3. The summed E-state index contributed by atoms with van der Waals surface area (Å²) in [5.41, 5.74) is 4.42. The van der Waals surface area contributed by atoms with Crippen LogP contribution in [0.2, 0.25) is 0 Å². The Morgan fingerprint density at radius 3 is 2.58 bits per heavy atom. The Bertz CT molecular complexity index is 923. The van der Waals surface area contributed by atoms with Crippen molar-refractivity contribution in [1.29, 1.82) is 0 Å². The van der Waals surface area contributed by atoms with Crippen molar-refractivity contribution in [3.63, 3.8) is 0 Å². The second-order valence-electron chi connectivity index (χ2n) is 5.86. The van der Waals surface area contributed by atoms with Crippen LogP contribution in [0.3, 0.4) is 0 Å². The van der Waals surface area contributed by atoms with Gasteiger partial charge in [0.25, 0.3) is 0 Å². The third kappa shape index (κ3) is 2.55. The lowest BCUT2D eigenvalue weighted by Gasteiger charge is -2.07. The molecule has 0 aliphatic rings. The molecule has 0 saturated carbocycles. The van der Waals surface area contributed by atoms with Gasteiger partial charge in [0.05, 0.1) is 35.1 Å². The highest BCUT2D eigenvalue weighted by Gasteiger charge is 2.21. The van der Waals surface area contributed by atoms with E-state index in [1.165, 1.54) is 7.11 Å². The van der Waals surface area contributed by atoms with Gasteiger partial charge >= 0.3 is 5.97 Å². The number of methoxy groups -OCH3 is 1. The lowest BCUT2D eigenvalue weighted by molar-refractivity contribution is 0.0603. The van der Waals surface area contributed by atoms with Crippen LogP contribution in [-0.2, 0) is 18.3 Å². The molecule has 24 heavy (non-hydrogen) atoms. The second kappa shape index (κ2) is 6.07. The predicted octanol–water partition coefficient (Wildman–Crippen LogP) is 2.65. The summed E-state index contributed by atoms with van der Waals surface area (Å²) in [4.78, 5) is 17.1. The molecule has 0 atom stereocenters. The molecule has 0 aliphatic heterocycles. The van der Waals surface area contributed by atoms with Crippen LogP contribution < -0.4 is 0 Å². The Hall–Kier alpha value is -2.70. The maximum Gasteiger partial charge on any atom is 0.338 e. The van der Waals surface area contributed by atoms with Gasteiger partial charge in [-0.2, -0.15) is 10.2 Å². The first-order valence-electron chi connectivity index (χ1n) is 7.93. The van der Waals surface area contributed by atoms with Gasteiger partial charge in [0.15, 0.2) is 5.65 Å². The number of aryl methyl sites for hydroxylation is 4. The molecule has 3 aromatic rings. The number of hydrogen-bond donors (Lipinski definition) is 0. The van der Waals surface area contributed by atoms with E-state index in [9.17, 15) is 4.79 Å². The Morgan fingerprint density at radius 2 is 2.00 bits per heavy atom. The zero-order valence-corrected chi connectivity index (χ0v) is 14.6.